The van der Waals surface area contributed by atoms with Crippen molar-refractivity contribution in [1.82, 2.24) is 0 Å². The van der Waals surface area contributed by atoms with Crippen LogP contribution in [0.3, 0.4) is 0 Å². The van der Waals surface area contributed by atoms with Crippen LogP contribution in [0.15, 0.2) is 23.1 Å². The van der Waals surface area contributed by atoms with E-state index in [2.05, 4.69) is 5.32 Å². The predicted octanol–water partition coefficient (Wildman–Crippen LogP) is 2.19. The Hall–Kier alpha value is -1.73. The molecule has 0 aromatic heterocycles. The second kappa shape index (κ2) is 6.58. The average molecular weight is 321 g/mol. The van der Waals surface area contributed by atoms with Crippen LogP contribution in [0.25, 0.3) is 0 Å². The van der Waals surface area contributed by atoms with Crippen molar-refractivity contribution in [2.24, 2.45) is 5.73 Å². The van der Waals surface area contributed by atoms with Crippen LogP contribution in [-0.4, -0.2) is 36.9 Å². The smallest absolute Gasteiger partial charge is 0.414 e. The standard InChI is InChI=1S/C15H19N3O3S/c16-6-2-1-3-11-8-18(15(20)21-11)10-4-5-13-12(7-10)17-14(19)9-22-13/h4-5,7,11H,1-3,6,8-9,16H2,(H,17,19). The van der Waals surface area contributed by atoms with Gasteiger partial charge >= 0.3 is 6.09 Å². The van der Waals surface area contributed by atoms with Crippen molar-refractivity contribution in [3.63, 3.8) is 0 Å². The first-order valence-corrected chi connectivity index (χ1v) is 8.41. The fourth-order valence-electron chi connectivity index (χ4n) is 2.64. The lowest BCUT2D eigenvalue weighted by Crippen LogP contribution is -2.25. The minimum Gasteiger partial charge on any atom is -0.444 e. The number of unbranched alkanes of at least 4 members (excludes halogenated alkanes) is 1. The molecule has 0 aliphatic carbocycles. The topological polar surface area (TPSA) is 84.7 Å². The van der Waals surface area contributed by atoms with Gasteiger partial charge in [-0.15, -0.1) is 11.8 Å². The zero-order valence-electron chi connectivity index (χ0n) is 12.2. The van der Waals surface area contributed by atoms with Crippen molar-refractivity contribution in [3.05, 3.63) is 18.2 Å². The van der Waals surface area contributed by atoms with Gasteiger partial charge in [-0.1, -0.05) is 0 Å². The van der Waals surface area contributed by atoms with Gasteiger partial charge in [-0.2, -0.15) is 0 Å². The minimum atomic E-state index is -0.326. The molecule has 2 amide bonds. The van der Waals surface area contributed by atoms with Crippen LogP contribution >= 0.6 is 11.8 Å². The molecule has 0 saturated carbocycles. The second-order valence-electron chi connectivity index (χ2n) is 5.42. The Bertz CT molecular complexity index is 593. The number of carbonyl (C=O) groups excluding carboxylic acids is 2. The number of carbonyl (C=O) groups is 2. The highest BCUT2D eigenvalue weighted by Crippen LogP contribution is 2.35. The quantitative estimate of drug-likeness (QED) is 0.812. The number of hydrogen-bond donors (Lipinski definition) is 2. The van der Waals surface area contributed by atoms with Crippen LogP contribution in [0.1, 0.15) is 19.3 Å². The van der Waals surface area contributed by atoms with Gasteiger partial charge in [-0.05, 0) is 44.0 Å². The fourth-order valence-corrected chi connectivity index (χ4v) is 3.43. The monoisotopic (exact) mass is 321 g/mol. The van der Waals surface area contributed by atoms with Crippen molar-refractivity contribution in [3.8, 4) is 0 Å². The lowest BCUT2D eigenvalue weighted by Gasteiger charge is -2.19. The molecule has 0 spiro atoms. The van der Waals surface area contributed by atoms with Crippen LogP contribution in [0, 0.1) is 0 Å². The lowest BCUT2D eigenvalue weighted by molar-refractivity contribution is -0.113. The molecule has 2 heterocycles. The number of ether oxygens (including phenoxy) is 1. The van der Waals surface area contributed by atoms with E-state index in [9.17, 15) is 9.59 Å². The van der Waals surface area contributed by atoms with Gasteiger partial charge in [-0.3, -0.25) is 9.69 Å². The summed E-state index contributed by atoms with van der Waals surface area (Å²) >= 11 is 1.50. The molecule has 2 aliphatic rings. The van der Waals surface area contributed by atoms with Crippen LogP contribution in [0.5, 0.6) is 0 Å². The molecule has 3 N–H and O–H groups in total. The molecule has 1 aromatic carbocycles. The van der Waals surface area contributed by atoms with Gasteiger partial charge in [-0.25, -0.2) is 4.79 Å². The molecule has 3 rings (SSSR count). The van der Waals surface area contributed by atoms with Gasteiger partial charge in [0.05, 0.1) is 18.0 Å². The molecule has 2 aliphatic heterocycles. The molecule has 1 atom stereocenters. The summed E-state index contributed by atoms with van der Waals surface area (Å²) in [6, 6.07) is 5.67. The molecule has 7 heteroatoms. The van der Waals surface area contributed by atoms with Gasteiger partial charge in [0, 0.05) is 10.6 Å². The van der Waals surface area contributed by atoms with E-state index in [0.717, 1.165) is 35.5 Å². The summed E-state index contributed by atoms with van der Waals surface area (Å²) < 4.78 is 5.39. The first kappa shape index (κ1) is 15.2. The number of amides is 2. The summed E-state index contributed by atoms with van der Waals surface area (Å²) in [5.74, 6) is 0.416. The number of nitrogens with zero attached hydrogens (tertiary/aromatic N) is 1. The predicted molar refractivity (Wildman–Crippen MR) is 86.3 cm³/mol. The van der Waals surface area contributed by atoms with Crippen LogP contribution < -0.4 is 16.0 Å². The molecule has 1 unspecified atom stereocenters. The van der Waals surface area contributed by atoms with Crippen LogP contribution in [0.4, 0.5) is 16.2 Å². The molecular formula is C15H19N3O3S. The Kier molecular flexibility index (Phi) is 4.54. The Morgan fingerprint density at radius 3 is 3.05 bits per heavy atom. The number of cyclic esters (lactones) is 1. The Labute approximate surface area is 133 Å². The zero-order valence-corrected chi connectivity index (χ0v) is 13.0. The van der Waals surface area contributed by atoms with Gasteiger partial charge in [0.15, 0.2) is 0 Å². The third kappa shape index (κ3) is 3.20. The summed E-state index contributed by atoms with van der Waals surface area (Å²) in [6.45, 7) is 1.20. The van der Waals surface area contributed by atoms with Crippen molar-refractivity contribution in [2.45, 2.75) is 30.3 Å². The van der Waals surface area contributed by atoms with Crippen molar-refractivity contribution in [1.29, 1.82) is 0 Å². The highest BCUT2D eigenvalue weighted by molar-refractivity contribution is 8.00. The van der Waals surface area contributed by atoms with E-state index >= 15 is 0 Å². The van der Waals surface area contributed by atoms with E-state index < -0.39 is 0 Å². The molecular weight excluding hydrogens is 302 g/mol. The minimum absolute atomic E-state index is 0.0155. The summed E-state index contributed by atoms with van der Waals surface area (Å²) in [5, 5.41) is 2.84. The van der Waals surface area contributed by atoms with E-state index in [0.29, 0.717) is 18.8 Å². The van der Waals surface area contributed by atoms with Crippen LogP contribution in [0.2, 0.25) is 0 Å². The number of hydrogen-bond acceptors (Lipinski definition) is 5. The molecule has 1 aromatic rings. The number of fused-ring (bicyclic) bond motifs is 1. The molecule has 0 bridgehead atoms. The number of anilines is 2. The number of nitrogens with one attached hydrogen (secondary N) is 1. The van der Waals surface area contributed by atoms with Crippen molar-refractivity contribution in [2.75, 3.05) is 29.1 Å². The Morgan fingerprint density at radius 1 is 1.36 bits per heavy atom. The Morgan fingerprint density at radius 2 is 2.23 bits per heavy atom. The normalized spacial score (nSPS) is 20.6. The van der Waals surface area contributed by atoms with Crippen molar-refractivity contribution < 1.29 is 14.3 Å². The molecule has 1 saturated heterocycles. The van der Waals surface area contributed by atoms with Gasteiger partial charge in [0.2, 0.25) is 5.91 Å². The van der Waals surface area contributed by atoms with Crippen LogP contribution in [-0.2, 0) is 9.53 Å². The number of nitrogens with two attached hydrogens (primary N) is 1. The summed E-state index contributed by atoms with van der Waals surface area (Å²) in [7, 11) is 0. The SMILES string of the molecule is NCCCCC1CN(c2ccc3c(c2)NC(=O)CS3)C(=O)O1. The van der Waals surface area contributed by atoms with E-state index in [-0.39, 0.29) is 18.1 Å². The lowest BCUT2D eigenvalue weighted by atomic mass is 10.1. The van der Waals surface area contributed by atoms with Gasteiger partial charge in [0.25, 0.3) is 0 Å². The number of thioether (sulfide) groups is 1. The number of benzene rings is 1. The number of rotatable bonds is 5. The maximum atomic E-state index is 12.0. The highest BCUT2D eigenvalue weighted by atomic mass is 32.2. The second-order valence-corrected chi connectivity index (χ2v) is 6.44. The third-order valence-electron chi connectivity index (χ3n) is 3.76. The highest BCUT2D eigenvalue weighted by Gasteiger charge is 2.32. The molecule has 1 fully saturated rings. The third-order valence-corrected chi connectivity index (χ3v) is 4.84. The summed E-state index contributed by atoms with van der Waals surface area (Å²) in [5.41, 5.74) is 7.00. The average Bonchev–Trinajstić information content (AvgIpc) is 2.87. The first-order chi connectivity index (χ1) is 10.7. The maximum Gasteiger partial charge on any atom is 0.414 e. The van der Waals surface area contributed by atoms with E-state index in [1.54, 1.807) is 4.90 Å². The fraction of sp³-hybridized carbons (Fsp3) is 0.467. The zero-order chi connectivity index (χ0) is 15.5. The van der Waals surface area contributed by atoms with E-state index in [1.807, 2.05) is 18.2 Å². The molecule has 22 heavy (non-hydrogen) atoms. The van der Waals surface area contributed by atoms with E-state index in [1.165, 1.54) is 11.8 Å². The Balaban J connectivity index is 1.70. The molecule has 118 valence electrons. The maximum absolute atomic E-state index is 12.0. The van der Waals surface area contributed by atoms with Gasteiger partial charge in [0.1, 0.15) is 6.10 Å². The first-order valence-electron chi connectivity index (χ1n) is 7.42. The van der Waals surface area contributed by atoms with Crippen molar-refractivity contribution >= 4 is 35.1 Å². The molecule has 6 nitrogen and oxygen atoms in total. The van der Waals surface area contributed by atoms with E-state index in [4.69, 9.17) is 10.5 Å². The summed E-state index contributed by atoms with van der Waals surface area (Å²) in [6.07, 6.45) is 2.32. The largest absolute Gasteiger partial charge is 0.444 e. The molecule has 0 radical (unpaired) electrons. The summed E-state index contributed by atoms with van der Waals surface area (Å²) in [4.78, 5) is 26.2. The van der Waals surface area contributed by atoms with Gasteiger partial charge < -0.3 is 15.8 Å².